The minimum absolute atomic E-state index is 0.684. The second-order valence-corrected chi connectivity index (χ2v) is 9.64. The standard InChI is InChI=1S/C24H31N5O/c1-27-13-20(12-25-27)24-22-11-16(3-4-23(22)28(2)26-24)17-9-18-14-29(15-19(18)10-17)21-5-7-30-8-6-21/h3-4,11-13,17-19,21H,5-10,14-15H2,1-2H3/t17?,18-,19+. The maximum absolute atomic E-state index is 5.57. The molecule has 1 unspecified atom stereocenters. The van der Waals surface area contributed by atoms with E-state index in [2.05, 4.69) is 34.4 Å². The Morgan fingerprint density at radius 2 is 1.80 bits per heavy atom. The zero-order valence-corrected chi connectivity index (χ0v) is 18.0. The molecule has 0 spiro atoms. The van der Waals surface area contributed by atoms with Gasteiger partial charge in [-0.3, -0.25) is 14.3 Å². The smallest absolute Gasteiger partial charge is 0.103 e. The van der Waals surface area contributed by atoms with Crippen LogP contribution in [0.25, 0.3) is 22.2 Å². The topological polar surface area (TPSA) is 48.1 Å². The number of benzene rings is 1. The Balaban J connectivity index is 1.23. The van der Waals surface area contributed by atoms with Crippen molar-refractivity contribution in [1.82, 2.24) is 24.5 Å². The summed E-state index contributed by atoms with van der Waals surface area (Å²) in [5.41, 5.74) is 4.83. The molecule has 2 aromatic heterocycles. The third-order valence-corrected chi connectivity index (χ3v) is 7.81. The molecule has 2 aliphatic heterocycles. The fourth-order valence-electron chi connectivity index (χ4n) is 6.25. The van der Waals surface area contributed by atoms with Gasteiger partial charge in [-0.25, -0.2) is 0 Å². The first kappa shape index (κ1) is 18.6. The van der Waals surface area contributed by atoms with Crippen LogP contribution in [0.2, 0.25) is 0 Å². The van der Waals surface area contributed by atoms with Gasteiger partial charge < -0.3 is 4.74 Å². The van der Waals surface area contributed by atoms with Crippen LogP contribution in [0.5, 0.6) is 0 Å². The van der Waals surface area contributed by atoms with Crippen LogP contribution in [0, 0.1) is 11.8 Å². The van der Waals surface area contributed by atoms with Crippen molar-refractivity contribution < 1.29 is 4.74 Å². The molecule has 6 heteroatoms. The van der Waals surface area contributed by atoms with Crippen molar-refractivity contribution >= 4 is 10.9 Å². The van der Waals surface area contributed by atoms with E-state index in [4.69, 9.17) is 9.84 Å². The normalized spacial score (nSPS) is 27.9. The van der Waals surface area contributed by atoms with Crippen molar-refractivity contribution in [2.75, 3.05) is 26.3 Å². The van der Waals surface area contributed by atoms with Gasteiger partial charge in [0, 0.05) is 63.6 Å². The number of nitrogens with zero attached hydrogens (tertiary/aromatic N) is 5. The van der Waals surface area contributed by atoms with Gasteiger partial charge >= 0.3 is 0 Å². The van der Waals surface area contributed by atoms with Crippen LogP contribution in [-0.4, -0.2) is 56.8 Å². The first-order chi connectivity index (χ1) is 14.7. The highest BCUT2D eigenvalue weighted by Gasteiger charge is 2.43. The average molecular weight is 406 g/mol. The summed E-state index contributed by atoms with van der Waals surface area (Å²) in [5.74, 6) is 2.41. The summed E-state index contributed by atoms with van der Waals surface area (Å²) < 4.78 is 9.42. The molecular formula is C24H31N5O. The predicted molar refractivity (Wildman–Crippen MR) is 117 cm³/mol. The lowest BCUT2D eigenvalue weighted by Gasteiger charge is -2.32. The summed E-state index contributed by atoms with van der Waals surface area (Å²) in [6, 6.07) is 7.78. The maximum Gasteiger partial charge on any atom is 0.103 e. The summed E-state index contributed by atoms with van der Waals surface area (Å²) in [5, 5.41) is 10.4. The van der Waals surface area contributed by atoms with Gasteiger partial charge in [-0.05, 0) is 61.1 Å². The van der Waals surface area contributed by atoms with Crippen molar-refractivity contribution in [3.8, 4) is 11.3 Å². The molecule has 4 heterocycles. The molecule has 0 amide bonds. The van der Waals surface area contributed by atoms with Crippen molar-refractivity contribution in [2.24, 2.45) is 25.9 Å². The minimum atomic E-state index is 0.684. The SMILES string of the molecule is Cn1cc(-c2nn(C)c3ccc(C4C[C@@H]5CN(C6CCOCC6)C[C@@H]5C4)cc23)cn1. The first-order valence-corrected chi connectivity index (χ1v) is 11.4. The molecule has 0 bridgehead atoms. The van der Waals surface area contributed by atoms with Crippen LogP contribution in [0.1, 0.15) is 37.2 Å². The van der Waals surface area contributed by atoms with Gasteiger partial charge in [-0.2, -0.15) is 10.2 Å². The Kier molecular flexibility index (Phi) is 4.46. The van der Waals surface area contributed by atoms with Gasteiger partial charge in [-0.1, -0.05) is 6.07 Å². The van der Waals surface area contributed by atoms with Crippen LogP contribution in [0.3, 0.4) is 0 Å². The Labute approximate surface area is 177 Å². The van der Waals surface area contributed by atoms with Gasteiger partial charge in [0.15, 0.2) is 0 Å². The fourth-order valence-corrected chi connectivity index (χ4v) is 6.25. The number of aryl methyl sites for hydroxylation is 2. The molecule has 1 saturated carbocycles. The van der Waals surface area contributed by atoms with Crippen molar-refractivity contribution in [1.29, 1.82) is 0 Å². The second-order valence-electron chi connectivity index (χ2n) is 9.64. The summed E-state index contributed by atoms with van der Waals surface area (Å²) in [6.45, 7) is 4.48. The maximum atomic E-state index is 5.57. The summed E-state index contributed by atoms with van der Waals surface area (Å²) in [7, 11) is 3.99. The van der Waals surface area contributed by atoms with Gasteiger partial charge in [0.05, 0.1) is 11.7 Å². The van der Waals surface area contributed by atoms with Crippen LogP contribution in [0.15, 0.2) is 30.6 Å². The lowest BCUT2D eigenvalue weighted by atomic mass is 9.94. The number of hydrogen-bond acceptors (Lipinski definition) is 4. The Hall–Kier alpha value is -2.18. The number of rotatable bonds is 3. The van der Waals surface area contributed by atoms with E-state index in [1.165, 1.54) is 55.2 Å². The van der Waals surface area contributed by atoms with E-state index in [1.54, 1.807) is 0 Å². The number of ether oxygens (including phenoxy) is 1. The molecule has 3 fully saturated rings. The molecule has 3 aromatic rings. The van der Waals surface area contributed by atoms with E-state index in [9.17, 15) is 0 Å². The van der Waals surface area contributed by atoms with E-state index >= 15 is 0 Å². The van der Waals surface area contributed by atoms with Crippen molar-refractivity contribution in [3.05, 3.63) is 36.2 Å². The Morgan fingerprint density at radius 3 is 2.50 bits per heavy atom. The van der Waals surface area contributed by atoms with Gasteiger partial charge in [0.25, 0.3) is 0 Å². The van der Waals surface area contributed by atoms with E-state index < -0.39 is 0 Å². The quantitative estimate of drug-likeness (QED) is 0.668. The molecule has 3 aliphatic rings. The number of aromatic nitrogens is 4. The highest BCUT2D eigenvalue weighted by Crippen LogP contribution is 2.47. The lowest BCUT2D eigenvalue weighted by Crippen LogP contribution is -2.38. The van der Waals surface area contributed by atoms with Crippen molar-refractivity contribution in [3.63, 3.8) is 0 Å². The van der Waals surface area contributed by atoms with E-state index in [0.29, 0.717) is 5.92 Å². The first-order valence-electron chi connectivity index (χ1n) is 11.4. The van der Waals surface area contributed by atoms with Crippen LogP contribution in [-0.2, 0) is 18.8 Å². The number of hydrogen-bond donors (Lipinski definition) is 0. The molecular weight excluding hydrogens is 374 g/mol. The zero-order valence-electron chi connectivity index (χ0n) is 18.0. The summed E-state index contributed by atoms with van der Waals surface area (Å²) in [6.07, 6.45) is 9.07. The number of fused-ring (bicyclic) bond motifs is 2. The fraction of sp³-hybridized carbons (Fsp3) is 0.583. The number of likely N-dealkylation sites (tertiary alicyclic amines) is 1. The van der Waals surface area contributed by atoms with Crippen molar-refractivity contribution in [2.45, 2.75) is 37.6 Å². The second kappa shape index (κ2) is 7.20. The molecule has 2 saturated heterocycles. The Bertz CT molecular complexity index is 1050. The van der Waals surface area contributed by atoms with Gasteiger partial charge in [0.2, 0.25) is 0 Å². The highest BCUT2D eigenvalue weighted by molar-refractivity contribution is 5.93. The molecule has 3 atom stereocenters. The minimum Gasteiger partial charge on any atom is -0.381 e. The molecule has 6 nitrogen and oxygen atoms in total. The van der Waals surface area contributed by atoms with E-state index in [-0.39, 0.29) is 0 Å². The average Bonchev–Trinajstić information content (AvgIpc) is 3.51. The molecule has 1 aromatic carbocycles. The van der Waals surface area contributed by atoms with Gasteiger partial charge in [-0.15, -0.1) is 0 Å². The molecule has 6 rings (SSSR count). The third-order valence-electron chi connectivity index (χ3n) is 7.81. The Morgan fingerprint density at radius 1 is 1.03 bits per heavy atom. The van der Waals surface area contributed by atoms with Crippen LogP contribution < -0.4 is 0 Å². The van der Waals surface area contributed by atoms with E-state index in [0.717, 1.165) is 42.3 Å². The zero-order chi connectivity index (χ0) is 20.2. The van der Waals surface area contributed by atoms with Crippen LogP contribution >= 0.6 is 0 Å². The third kappa shape index (κ3) is 3.08. The highest BCUT2D eigenvalue weighted by atomic mass is 16.5. The molecule has 30 heavy (non-hydrogen) atoms. The summed E-state index contributed by atoms with van der Waals surface area (Å²) >= 11 is 0. The van der Waals surface area contributed by atoms with Crippen LogP contribution in [0.4, 0.5) is 0 Å². The van der Waals surface area contributed by atoms with E-state index in [1.807, 2.05) is 29.7 Å². The largest absolute Gasteiger partial charge is 0.381 e. The molecule has 158 valence electrons. The lowest BCUT2D eigenvalue weighted by molar-refractivity contribution is 0.0395. The summed E-state index contributed by atoms with van der Waals surface area (Å²) in [4.78, 5) is 2.78. The molecule has 0 radical (unpaired) electrons. The van der Waals surface area contributed by atoms with Gasteiger partial charge in [0.1, 0.15) is 5.69 Å². The molecule has 1 aliphatic carbocycles. The molecule has 0 N–H and O–H groups in total. The monoisotopic (exact) mass is 405 g/mol. The predicted octanol–water partition coefficient (Wildman–Crippen LogP) is 3.58.